The summed E-state index contributed by atoms with van der Waals surface area (Å²) in [5.74, 6) is 1.24. The zero-order valence-electron chi connectivity index (χ0n) is 19.6. The van der Waals surface area contributed by atoms with Crippen molar-refractivity contribution in [2.45, 2.75) is 58.2 Å². The van der Waals surface area contributed by atoms with Crippen LogP contribution >= 0.6 is 24.0 Å². The summed E-state index contributed by atoms with van der Waals surface area (Å²) in [6, 6.07) is 8.46. The molecule has 180 valence electrons. The first kappa shape index (κ1) is 26.9. The number of halogens is 1. The van der Waals surface area contributed by atoms with E-state index in [1.54, 1.807) is 7.11 Å². The highest BCUT2D eigenvalue weighted by molar-refractivity contribution is 14.0. The van der Waals surface area contributed by atoms with Gasteiger partial charge in [0, 0.05) is 59.5 Å². The van der Waals surface area contributed by atoms with E-state index >= 15 is 0 Å². The number of nitrogens with one attached hydrogen (secondary N) is 1. The molecule has 0 spiro atoms. The third kappa shape index (κ3) is 8.51. The van der Waals surface area contributed by atoms with Crippen molar-refractivity contribution in [2.24, 2.45) is 4.99 Å². The van der Waals surface area contributed by atoms with Gasteiger partial charge in [-0.15, -0.1) is 24.0 Å². The Bertz CT molecular complexity index is 723. The molecule has 1 N–H and O–H groups in total. The zero-order chi connectivity index (χ0) is 21.9. The Morgan fingerprint density at radius 3 is 2.66 bits per heavy atom. The molecule has 32 heavy (non-hydrogen) atoms. The molecule has 0 aliphatic carbocycles. The number of amides is 1. The van der Waals surface area contributed by atoms with Crippen LogP contribution in [0.2, 0.25) is 0 Å². The predicted molar refractivity (Wildman–Crippen MR) is 138 cm³/mol. The molecule has 0 atom stereocenters. The third-order valence-corrected chi connectivity index (χ3v) is 5.87. The maximum absolute atomic E-state index is 11.9. The van der Waals surface area contributed by atoms with Gasteiger partial charge < -0.3 is 24.6 Å². The van der Waals surface area contributed by atoms with Gasteiger partial charge in [0.25, 0.3) is 0 Å². The molecule has 2 fully saturated rings. The lowest BCUT2D eigenvalue weighted by Gasteiger charge is -2.34. The smallest absolute Gasteiger partial charge is 0.222 e. The average molecular weight is 559 g/mol. The van der Waals surface area contributed by atoms with Crippen molar-refractivity contribution in [1.29, 1.82) is 0 Å². The number of hydrogen-bond acceptors (Lipinski definition) is 4. The Morgan fingerprint density at radius 1 is 1.19 bits per heavy atom. The maximum atomic E-state index is 11.9. The standard InChI is InChI=1S/C24H38N4O3.HI/c1-3-25-24(27-13-10-22(11-14-27)31-16-6-15-30-2)26-18-20-7-4-8-21(17-20)19-28-12-5-9-23(28)29;/h4,7-8,17,22H,3,5-6,9-16,18-19H2,1-2H3,(H,25,26);1H. The Kier molecular flexibility index (Phi) is 12.3. The van der Waals surface area contributed by atoms with Gasteiger partial charge in [-0.1, -0.05) is 24.3 Å². The molecule has 1 aromatic carbocycles. The van der Waals surface area contributed by atoms with Crippen LogP contribution in [0.15, 0.2) is 29.3 Å². The lowest BCUT2D eigenvalue weighted by molar-refractivity contribution is -0.128. The van der Waals surface area contributed by atoms with Crippen molar-refractivity contribution in [2.75, 3.05) is 46.5 Å². The predicted octanol–water partition coefficient (Wildman–Crippen LogP) is 3.41. The van der Waals surface area contributed by atoms with Crippen LogP contribution in [0.25, 0.3) is 0 Å². The van der Waals surface area contributed by atoms with Crippen molar-refractivity contribution in [1.82, 2.24) is 15.1 Å². The van der Waals surface area contributed by atoms with E-state index in [0.29, 0.717) is 25.6 Å². The first-order chi connectivity index (χ1) is 15.2. The minimum Gasteiger partial charge on any atom is -0.385 e. The van der Waals surface area contributed by atoms with Crippen LogP contribution in [0.5, 0.6) is 0 Å². The van der Waals surface area contributed by atoms with Crippen molar-refractivity contribution < 1.29 is 14.3 Å². The number of likely N-dealkylation sites (tertiary alicyclic amines) is 2. The van der Waals surface area contributed by atoms with Crippen LogP contribution in [-0.2, 0) is 27.4 Å². The largest absolute Gasteiger partial charge is 0.385 e. The highest BCUT2D eigenvalue weighted by Gasteiger charge is 2.22. The topological polar surface area (TPSA) is 66.4 Å². The number of carbonyl (C=O) groups is 1. The summed E-state index contributed by atoms with van der Waals surface area (Å²) in [6.45, 7) is 8.61. The van der Waals surface area contributed by atoms with Crippen molar-refractivity contribution in [3.63, 3.8) is 0 Å². The van der Waals surface area contributed by atoms with Gasteiger partial charge in [-0.25, -0.2) is 4.99 Å². The zero-order valence-corrected chi connectivity index (χ0v) is 21.9. The highest BCUT2D eigenvalue weighted by atomic mass is 127. The van der Waals surface area contributed by atoms with Gasteiger partial charge in [0.05, 0.1) is 12.6 Å². The van der Waals surface area contributed by atoms with E-state index in [1.807, 2.05) is 4.90 Å². The summed E-state index contributed by atoms with van der Waals surface area (Å²) < 4.78 is 11.1. The van der Waals surface area contributed by atoms with E-state index in [0.717, 1.165) is 71.0 Å². The average Bonchev–Trinajstić information content (AvgIpc) is 3.19. The summed E-state index contributed by atoms with van der Waals surface area (Å²) >= 11 is 0. The second kappa shape index (κ2) is 14.7. The molecule has 3 rings (SSSR count). The summed E-state index contributed by atoms with van der Waals surface area (Å²) in [5.41, 5.74) is 2.36. The van der Waals surface area contributed by atoms with E-state index < -0.39 is 0 Å². The number of benzene rings is 1. The second-order valence-corrected chi connectivity index (χ2v) is 8.31. The monoisotopic (exact) mass is 558 g/mol. The van der Waals surface area contributed by atoms with Crippen LogP contribution in [-0.4, -0.2) is 74.3 Å². The third-order valence-electron chi connectivity index (χ3n) is 5.87. The number of ether oxygens (including phenoxy) is 2. The Hall–Kier alpha value is -1.39. The maximum Gasteiger partial charge on any atom is 0.222 e. The minimum absolute atomic E-state index is 0. The fourth-order valence-corrected chi connectivity index (χ4v) is 4.20. The van der Waals surface area contributed by atoms with Crippen LogP contribution in [0.1, 0.15) is 50.2 Å². The van der Waals surface area contributed by atoms with E-state index in [9.17, 15) is 4.79 Å². The van der Waals surface area contributed by atoms with Crippen molar-refractivity contribution in [3.05, 3.63) is 35.4 Å². The molecule has 7 nitrogen and oxygen atoms in total. The number of methoxy groups -OCH3 is 1. The van der Waals surface area contributed by atoms with Crippen LogP contribution in [0.4, 0.5) is 0 Å². The molecule has 2 saturated heterocycles. The number of guanidine groups is 1. The van der Waals surface area contributed by atoms with Crippen LogP contribution < -0.4 is 5.32 Å². The summed E-state index contributed by atoms with van der Waals surface area (Å²) in [5, 5.41) is 3.44. The summed E-state index contributed by atoms with van der Waals surface area (Å²) in [6.07, 6.45) is 4.99. The Morgan fingerprint density at radius 2 is 1.97 bits per heavy atom. The highest BCUT2D eigenvalue weighted by Crippen LogP contribution is 2.17. The fourth-order valence-electron chi connectivity index (χ4n) is 4.20. The van der Waals surface area contributed by atoms with Gasteiger partial charge in [-0.3, -0.25) is 4.79 Å². The molecule has 1 amide bonds. The van der Waals surface area contributed by atoms with Gasteiger partial charge in [0.1, 0.15) is 0 Å². The lowest BCUT2D eigenvalue weighted by atomic mass is 10.1. The molecular weight excluding hydrogens is 519 g/mol. The van der Waals surface area contributed by atoms with Gasteiger partial charge in [0.2, 0.25) is 5.91 Å². The van der Waals surface area contributed by atoms with Gasteiger partial charge >= 0.3 is 0 Å². The fraction of sp³-hybridized carbons (Fsp3) is 0.667. The molecule has 0 bridgehead atoms. The molecule has 2 aliphatic heterocycles. The quantitative estimate of drug-likeness (QED) is 0.207. The van der Waals surface area contributed by atoms with Crippen molar-refractivity contribution >= 4 is 35.8 Å². The summed E-state index contributed by atoms with van der Waals surface area (Å²) in [7, 11) is 1.73. The minimum atomic E-state index is 0. The van der Waals surface area contributed by atoms with E-state index in [4.69, 9.17) is 14.5 Å². The molecule has 2 heterocycles. The van der Waals surface area contributed by atoms with Gasteiger partial charge in [0.15, 0.2) is 5.96 Å². The van der Waals surface area contributed by atoms with Gasteiger partial charge in [-0.2, -0.15) is 0 Å². The number of nitrogens with zero attached hydrogens (tertiary/aromatic N) is 3. The van der Waals surface area contributed by atoms with E-state index in [2.05, 4.69) is 41.4 Å². The first-order valence-corrected chi connectivity index (χ1v) is 11.7. The van der Waals surface area contributed by atoms with E-state index in [-0.39, 0.29) is 29.9 Å². The SMILES string of the molecule is CCNC(=NCc1cccc(CN2CCCC2=O)c1)N1CCC(OCCCOC)CC1.I. The number of piperidine rings is 1. The Balaban J connectivity index is 0.00000363. The molecular formula is C24H39IN4O3. The van der Waals surface area contributed by atoms with E-state index in [1.165, 1.54) is 11.1 Å². The van der Waals surface area contributed by atoms with Crippen LogP contribution in [0, 0.1) is 0 Å². The molecule has 0 saturated carbocycles. The molecule has 0 aromatic heterocycles. The number of rotatable bonds is 10. The van der Waals surface area contributed by atoms with Crippen LogP contribution in [0.3, 0.4) is 0 Å². The number of hydrogen-bond donors (Lipinski definition) is 1. The number of aliphatic imine (C=N–C) groups is 1. The Labute approximate surface area is 209 Å². The molecule has 0 unspecified atom stereocenters. The van der Waals surface area contributed by atoms with Crippen molar-refractivity contribution in [3.8, 4) is 0 Å². The second-order valence-electron chi connectivity index (χ2n) is 8.31. The molecule has 1 aromatic rings. The molecule has 2 aliphatic rings. The molecule has 0 radical (unpaired) electrons. The molecule has 8 heteroatoms. The lowest BCUT2D eigenvalue weighted by Crippen LogP contribution is -2.47. The summed E-state index contributed by atoms with van der Waals surface area (Å²) in [4.78, 5) is 21.1. The number of carbonyl (C=O) groups excluding carboxylic acids is 1. The normalized spacial score (nSPS) is 17.6. The van der Waals surface area contributed by atoms with Gasteiger partial charge in [-0.05, 0) is 43.7 Å². The first-order valence-electron chi connectivity index (χ1n) is 11.7.